The van der Waals surface area contributed by atoms with Crippen LogP contribution in [0.1, 0.15) is 11.1 Å². The number of nitrogens with zero attached hydrogens (tertiary/aromatic N) is 4. The molecule has 0 aliphatic heterocycles. The highest BCUT2D eigenvalue weighted by atomic mass is 15.0. The van der Waals surface area contributed by atoms with Crippen LogP contribution in [0, 0.1) is 22.7 Å². The second-order valence-corrected chi connectivity index (χ2v) is 5.17. The summed E-state index contributed by atoms with van der Waals surface area (Å²) in [5.41, 5.74) is 3.46. The van der Waals surface area contributed by atoms with E-state index in [0.717, 1.165) is 21.8 Å². The largest absolute Gasteiger partial charge is 0.307 e. The molecule has 0 N–H and O–H groups in total. The van der Waals surface area contributed by atoms with E-state index < -0.39 is 0 Å². The SMILES string of the molecule is N#Cc1cccc(C#N)c1-n1c2ccccc2c2cnccc21. The van der Waals surface area contributed by atoms with Gasteiger partial charge in [0.05, 0.1) is 27.8 Å². The summed E-state index contributed by atoms with van der Waals surface area (Å²) in [4.78, 5) is 4.21. The minimum Gasteiger partial charge on any atom is -0.307 e. The Balaban J connectivity index is 2.28. The molecule has 4 rings (SSSR count). The lowest BCUT2D eigenvalue weighted by atomic mass is 10.1. The van der Waals surface area contributed by atoms with Crippen LogP contribution in [0.4, 0.5) is 0 Å². The number of para-hydroxylation sites is 2. The first-order valence-corrected chi connectivity index (χ1v) is 7.12. The van der Waals surface area contributed by atoms with Crippen LogP contribution in [0.2, 0.25) is 0 Å². The Morgan fingerprint density at radius 2 is 1.48 bits per heavy atom. The third-order valence-electron chi connectivity index (χ3n) is 3.97. The molecule has 4 heteroatoms. The highest BCUT2D eigenvalue weighted by Crippen LogP contribution is 2.33. The Hall–Kier alpha value is -3.63. The molecule has 4 nitrogen and oxygen atoms in total. The summed E-state index contributed by atoms with van der Waals surface area (Å²) in [7, 11) is 0. The second-order valence-electron chi connectivity index (χ2n) is 5.17. The van der Waals surface area contributed by atoms with Gasteiger partial charge in [-0.15, -0.1) is 0 Å². The van der Waals surface area contributed by atoms with Gasteiger partial charge < -0.3 is 4.57 Å². The molecule has 2 aromatic carbocycles. The Bertz CT molecular complexity index is 1050. The van der Waals surface area contributed by atoms with Crippen molar-refractivity contribution in [3.63, 3.8) is 0 Å². The van der Waals surface area contributed by atoms with Crippen LogP contribution in [0.3, 0.4) is 0 Å². The molecule has 0 bridgehead atoms. The molecular weight excluding hydrogens is 284 g/mol. The molecular formula is C19H10N4. The molecule has 4 aromatic rings. The van der Waals surface area contributed by atoms with Crippen molar-refractivity contribution in [1.82, 2.24) is 9.55 Å². The van der Waals surface area contributed by atoms with Crippen molar-refractivity contribution in [1.29, 1.82) is 10.5 Å². The average Bonchev–Trinajstić information content (AvgIpc) is 2.95. The fourth-order valence-electron chi connectivity index (χ4n) is 3.02. The topological polar surface area (TPSA) is 65.4 Å². The quantitative estimate of drug-likeness (QED) is 0.534. The van der Waals surface area contributed by atoms with Gasteiger partial charge in [0, 0.05) is 23.2 Å². The van der Waals surface area contributed by atoms with E-state index >= 15 is 0 Å². The minimum absolute atomic E-state index is 0.475. The van der Waals surface area contributed by atoms with Gasteiger partial charge in [0.1, 0.15) is 12.1 Å². The van der Waals surface area contributed by atoms with Gasteiger partial charge in [-0.05, 0) is 24.3 Å². The predicted octanol–water partition coefficient (Wildman–Crippen LogP) is 3.92. The van der Waals surface area contributed by atoms with E-state index in [1.54, 1.807) is 24.4 Å². The minimum atomic E-state index is 0.475. The fraction of sp³-hybridized carbons (Fsp3) is 0. The van der Waals surface area contributed by atoms with E-state index in [9.17, 15) is 10.5 Å². The van der Waals surface area contributed by atoms with Crippen LogP contribution >= 0.6 is 0 Å². The number of rotatable bonds is 1. The number of hydrogen-bond acceptors (Lipinski definition) is 3. The van der Waals surface area contributed by atoms with Gasteiger partial charge in [-0.25, -0.2) is 0 Å². The Morgan fingerprint density at radius 1 is 0.783 bits per heavy atom. The number of hydrogen-bond donors (Lipinski definition) is 0. The van der Waals surface area contributed by atoms with Crippen LogP contribution in [0.5, 0.6) is 0 Å². The molecule has 0 amide bonds. The second kappa shape index (κ2) is 4.98. The van der Waals surface area contributed by atoms with Crippen LogP contribution in [0.15, 0.2) is 60.9 Å². The molecule has 0 aliphatic rings. The third kappa shape index (κ3) is 1.79. The smallest absolute Gasteiger partial charge is 0.101 e. The van der Waals surface area contributed by atoms with Crippen LogP contribution < -0.4 is 0 Å². The lowest BCUT2D eigenvalue weighted by molar-refractivity contribution is 1.15. The number of aromatic nitrogens is 2. The maximum atomic E-state index is 9.50. The average molecular weight is 294 g/mol. The maximum Gasteiger partial charge on any atom is 0.101 e. The van der Waals surface area contributed by atoms with E-state index in [0.29, 0.717) is 16.8 Å². The van der Waals surface area contributed by atoms with Crippen molar-refractivity contribution >= 4 is 21.8 Å². The predicted molar refractivity (Wildman–Crippen MR) is 88.0 cm³/mol. The molecule has 0 saturated heterocycles. The number of benzene rings is 2. The van der Waals surface area contributed by atoms with E-state index in [1.807, 2.05) is 41.1 Å². The lowest BCUT2D eigenvalue weighted by Crippen LogP contribution is -2.00. The van der Waals surface area contributed by atoms with E-state index in [-0.39, 0.29) is 0 Å². The van der Waals surface area contributed by atoms with Crippen molar-refractivity contribution in [3.8, 4) is 17.8 Å². The third-order valence-corrected chi connectivity index (χ3v) is 3.97. The fourth-order valence-corrected chi connectivity index (χ4v) is 3.02. The standard InChI is InChI=1S/C19H10N4/c20-10-13-4-3-5-14(11-21)19(13)23-17-7-2-1-6-15(17)16-12-22-9-8-18(16)23/h1-9,12H. The summed E-state index contributed by atoms with van der Waals surface area (Å²) in [6, 6.07) is 19.4. The zero-order valence-corrected chi connectivity index (χ0v) is 12.1. The Kier molecular flexibility index (Phi) is 2.83. The highest BCUT2D eigenvalue weighted by Gasteiger charge is 2.17. The Labute approximate surface area is 132 Å². The zero-order valence-electron chi connectivity index (χ0n) is 12.1. The molecule has 0 saturated carbocycles. The monoisotopic (exact) mass is 294 g/mol. The van der Waals surface area contributed by atoms with Gasteiger partial charge in [-0.2, -0.15) is 10.5 Å². The zero-order chi connectivity index (χ0) is 15.8. The summed E-state index contributed by atoms with van der Waals surface area (Å²) in [6.07, 6.45) is 3.54. The van der Waals surface area contributed by atoms with Crippen LogP contribution in [0.25, 0.3) is 27.5 Å². The Morgan fingerprint density at radius 3 is 2.22 bits per heavy atom. The van der Waals surface area contributed by atoms with Gasteiger partial charge in [-0.3, -0.25) is 4.98 Å². The summed E-state index contributed by atoms with van der Waals surface area (Å²) in [5, 5.41) is 21.0. The molecule has 0 unspecified atom stereocenters. The molecule has 0 atom stereocenters. The van der Waals surface area contributed by atoms with E-state index in [4.69, 9.17) is 0 Å². The molecule has 23 heavy (non-hydrogen) atoms. The highest BCUT2D eigenvalue weighted by molar-refractivity contribution is 6.09. The summed E-state index contributed by atoms with van der Waals surface area (Å²) in [6.45, 7) is 0. The van der Waals surface area contributed by atoms with Gasteiger partial charge in [0.25, 0.3) is 0 Å². The van der Waals surface area contributed by atoms with Crippen molar-refractivity contribution in [2.75, 3.05) is 0 Å². The number of pyridine rings is 1. The van der Waals surface area contributed by atoms with Gasteiger partial charge in [-0.1, -0.05) is 24.3 Å². The van der Waals surface area contributed by atoms with Gasteiger partial charge >= 0.3 is 0 Å². The summed E-state index contributed by atoms with van der Waals surface area (Å²) < 4.78 is 1.98. The lowest BCUT2D eigenvalue weighted by Gasteiger charge is -2.11. The maximum absolute atomic E-state index is 9.50. The summed E-state index contributed by atoms with van der Waals surface area (Å²) >= 11 is 0. The van der Waals surface area contributed by atoms with Crippen LogP contribution in [-0.4, -0.2) is 9.55 Å². The van der Waals surface area contributed by atoms with Gasteiger partial charge in [0.2, 0.25) is 0 Å². The molecule has 2 heterocycles. The normalized spacial score (nSPS) is 10.5. The first-order valence-electron chi connectivity index (χ1n) is 7.12. The van der Waals surface area contributed by atoms with E-state index in [1.165, 1.54) is 0 Å². The molecule has 0 aliphatic carbocycles. The van der Waals surface area contributed by atoms with Crippen molar-refractivity contribution in [2.24, 2.45) is 0 Å². The molecule has 0 fully saturated rings. The number of nitriles is 2. The first-order chi connectivity index (χ1) is 11.3. The van der Waals surface area contributed by atoms with E-state index in [2.05, 4.69) is 17.1 Å². The van der Waals surface area contributed by atoms with Crippen molar-refractivity contribution in [2.45, 2.75) is 0 Å². The molecule has 2 aromatic heterocycles. The first kappa shape index (κ1) is 13.1. The van der Waals surface area contributed by atoms with Crippen LogP contribution in [-0.2, 0) is 0 Å². The molecule has 0 spiro atoms. The number of fused-ring (bicyclic) bond motifs is 3. The summed E-state index contributed by atoms with van der Waals surface area (Å²) in [5.74, 6) is 0. The van der Waals surface area contributed by atoms with Crippen molar-refractivity contribution < 1.29 is 0 Å². The molecule has 0 radical (unpaired) electrons. The van der Waals surface area contributed by atoms with Crippen molar-refractivity contribution in [3.05, 3.63) is 72.1 Å². The van der Waals surface area contributed by atoms with Gasteiger partial charge in [0.15, 0.2) is 0 Å². The molecule has 106 valence electrons.